The van der Waals surface area contributed by atoms with Gasteiger partial charge in [-0.25, -0.2) is 0 Å². The molecule has 1 amide bonds. The number of amides is 1. The molecule has 92 valence electrons. The number of rotatable bonds is 5. The van der Waals surface area contributed by atoms with Crippen LogP contribution in [0.1, 0.15) is 24.8 Å². The third-order valence-corrected chi connectivity index (χ3v) is 3.35. The molecule has 1 aliphatic rings. The highest BCUT2D eigenvalue weighted by Crippen LogP contribution is 2.26. The zero-order valence-corrected chi connectivity index (χ0v) is 10.2. The molecule has 0 aliphatic heterocycles. The molecule has 1 aliphatic carbocycles. The summed E-state index contributed by atoms with van der Waals surface area (Å²) in [6.07, 6.45) is 4.21. The van der Waals surface area contributed by atoms with E-state index in [4.69, 9.17) is 4.74 Å². The number of ether oxygens (including phenoxy) is 1. The summed E-state index contributed by atoms with van der Waals surface area (Å²) >= 11 is 0. The van der Waals surface area contributed by atoms with E-state index in [0.717, 1.165) is 31.6 Å². The van der Waals surface area contributed by atoms with Crippen LogP contribution in [-0.2, 0) is 11.2 Å². The summed E-state index contributed by atoms with van der Waals surface area (Å²) in [4.78, 5) is 11.6. The molecule has 0 atom stereocenters. The van der Waals surface area contributed by atoms with Gasteiger partial charge in [0.25, 0.3) is 0 Å². The molecule has 2 rings (SSSR count). The van der Waals surface area contributed by atoms with E-state index in [1.807, 2.05) is 24.3 Å². The van der Waals surface area contributed by atoms with Gasteiger partial charge in [0.15, 0.2) is 0 Å². The van der Waals surface area contributed by atoms with Crippen molar-refractivity contribution in [2.45, 2.75) is 25.7 Å². The van der Waals surface area contributed by atoms with Gasteiger partial charge in [-0.2, -0.15) is 0 Å². The summed E-state index contributed by atoms with van der Waals surface area (Å²) < 4.78 is 5.10. The standard InChI is InChI=1S/C14H19NO2/c1-17-13-7-5-11(6-8-13)9-10-15-14(16)12-3-2-4-12/h5-8,12H,2-4,9-10H2,1H3,(H,15,16). The summed E-state index contributed by atoms with van der Waals surface area (Å²) in [5.74, 6) is 1.38. The van der Waals surface area contributed by atoms with E-state index in [2.05, 4.69) is 5.32 Å². The molecular formula is C14H19NO2. The van der Waals surface area contributed by atoms with Crippen LogP contribution in [0.15, 0.2) is 24.3 Å². The third kappa shape index (κ3) is 3.22. The first-order valence-corrected chi connectivity index (χ1v) is 6.20. The van der Waals surface area contributed by atoms with Crippen molar-refractivity contribution >= 4 is 5.91 Å². The minimum Gasteiger partial charge on any atom is -0.497 e. The Kier molecular flexibility index (Phi) is 4.02. The van der Waals surface area contributed by atoms with Crippen molar-refractivity contribution in [3.63, 3.8) is 0 Å². The molecule has 0 radical (unpaired) electrons. The summed E-state index contributed by atoms with van der Waals surface area (Å²) in [7, 11) is 1.66. The SMILES string of the molecule is COc1ccc(CCNC(=O)C2CCC2)cc1. The van der Waals surface area contributed by atoms with Crippen LogP contribution in [0.2, 0.25) is 0 Å². The number of hydrogen-bond donors (Lipinski definition) is 1. The minimum atomic E-state index is 0.227. The van der Waals surface area contributed by atoms with Crippen molar-refractivity contribution in [1.29, 1.82) is 0 Å². The average Bonchev–Trinajstić information content (AvgIpc) is 2.27. The molecule has 0 spiro atoms. The summed E-state index contributed by atoms with van der Waals surface area (Å²) in [5.41, 5.74) is 1.22. The highest BCUT2D eigenvalue weighted by atomic mass is 16.5. The van der Waals surface area contributed by atoms with E-state index in [9.17, 15) is 4.79 Å². The fourth-order valence-electron chi connectivity index (χ4n) is 1.94. The Bertz CT molecular complexity index is 368. The van der Waals surface area contributed by atoms with Crippen molar-refractivity contribution in [1.82, 2.24) is 5.32 Å². The molecule has 0 saturated heterocycles. The quantitative estimate of drug-likeness (QED) is 0.846. The van der Waals surface area contributed by atoms with Gasteiger partial charge in [-0.3, -0.25) is 4.79 Å². The second-order valence-electron chi connectivity index (χ2n) is 4.52. The van der Waals surface area contributed by atoms with Crippen LogP contribution in [-0.4, -0.2) is 19.6 Å². The molecule has 0 aromatic heterocycles. The van der Waals surface area contributed by atoms with Crippen molar-refractivity contribution < 1.29 is 9.53 Å². The van der Waals surface area contributed by atoms with Crippen LogP contribution >= 0.6 is 0 Å². The molecule has 0 unspecified atom stereocenters. The predicted octanol–water partition coefficient (Wildman–Crippen LogP) is 2.15. The molecule has 3 nitrogen and oxygen atoms in total. The molecule has 1 N–H and O–H groups in total. The Balaban J connectivity index is 1.71. The van der Waals surface area contributed by atoms with E-state index in [0.29, 0.717) is 0 Å². The molecule has 1 saturated carbocycles. The van der Waals surface area contributed by atoms with Crippen molar-refractivity contribution in [3.8, 4) is 5.75 Å². The van der Waals surface area contributed by atoms with Crippen LogP contribution in [0.5, 0.6) is 5.75 Å². The predicted molar refractivity (Wildman–Crippen MR) is 67.0 cm³/mol. The van der Waals surface area contributed by atoms with Crippen molar-refractivity contribution in [2.24, 2.45) is 5.92 Å². The first-order valence-electron chi connectivity index (χ1n) is 6.20. The van der Waals surface area contributed by atoms with E-state index >= 15 is 0 Å². The van der Waals surface area contributed by atoms with E-state index < -0.39 is 0 Å². The Morgan fingerprint density at radius 2 is 2.06 bits per heavy atom. The van der Waals surface area contributed by atoms with Gasteiger partial charge < -0.3 is 10.1 Å². The molecule has 17 heavy (non-hydrogen) atoms. The summed E-state index contributed by atoms with van der Waals surface area (Å²) in [6.45, 7) is 0.724. The minimum absolute atomic E-state index is 0.227. The molecule has 1 fully saturated rings. The first-order chi connectivity index (χ1) is 8.29. The van der Waals surface area contributed by atoms with Crippen LogP contribution in [0.3, 0.4) is 0 Å². The Hall–Kier alpha value is -1.51. The maximum atomic E-state index is 11.6. The van der Waals surface area contributed by atoms with Gasteiger partial charge in [-0.05, 0) is 37.0 Å². The smallest absolute Gasteiger partial charge is 0.223 e. The Morgan fingerprint density at radius 1 is 1.35 bits per heavy atom. The first kappa shape index (κ1) is 12.0. The van der Waals surface area contributed by atoms with Gasteiger partial charge in [0, 0.05) is 12.5 Å². The van der Waals surface area contributed by atoms with Crippen LogP contribution in [0.25, 0.3) is 0 Å². The molecule has 0 bridgehead atoms. The van der Waals surface area contributed by atoms with Gasteiger partial charge in [0.1, 0.15) is 5.75 Å². The zero-order valence-electron chi connectivity index (χ0n) is 10.2. The molecular weight excluding hydrogens is 214 g/mol. The highest BCUT2D eigenvalue weighted by Gasteiger charge is 2.24. The number of hydrogen-bond acceptors (Lipinski definition) is 2. The van der Waals surface area contributed by atoms with Gasteiger partial charge in [0.2, 0.25) is 5.91 Å². The van der Waals surface area contributed by atoms with Crippen molar-refractivity contribution in [2.75, 3.05) is 13.7 Å². The second-order valence-corrected chi connectivity index (χ2v) is 4.52. The number of nitrogens with one attached hydrogen (secondary N) is 1. The fourth-order valence-corrected chi connectivity index (χ4v) is 1.94. The summed E-state index contributed by atoms with van der Waals surface area (Å²) in [6, 6.07) is 7.97. The highest BCUT2D eigenvalue weighted by molar-refractivity contribution is 5.79. The van der Waals surface area contributed by atoms with Crippen LogP contribution in [0.4, 0.5) is 0 Å². The maximum absolute atomic E-state index is 11.6. The lowest BCUT2D eigenvalue weighted by molar-refractivity contribution is -0.127. The molecule has 1 aromatic rings. The maximum Gasteiger partial charge on any atom is 0.223 e. The normalized spacial score (nSPS) is 15.1. The van der Waals surface area contributed by atoms with Crippen molar-refractivity contribution in [3.05, 3.63) is 29.8 Å². The van der Waals surface area contributed by atoms with Gasteiger partial charge in [-0.1, -0.05) is 18.6 Å². The van der Waals surface area contributed by atoms with E-state index in [-0.39, 0.29) is 11.8 Å². The topological polar surface area (TPSA) is 38.3 Å². The van der Waals surface area contributed by atoms with E-state index in [1.54, 1.807) is 7.11 Å². The number of methoxy groups -OCH3 is 1. The monoisotopic (exact) mass is 233 g/mol. The van der Waals surface area contributed by atoms with Gasteiger partial charge in [-0.15, -0.1) is 0 Å². The lowest BCUT2D eigenvalue weighted by Gasteiger charge is -2.24. The lowest BCUT2D eigenvalue weighted by Crippen LogP contribution is -2.35. The van der Waals surface area contributed by atoms with Gasteiger partial charge in [0.05, 0.1) is 7.11 Å². The zero-order chi connectivity index (χ0) is 12.1. The molecule has 3 heteroatoms. The van der Waals surface area contributed by atoms with Gasteiger partial charge >= 0.3 is 0 Å². The number of carbonyl (C=O) groups excluding carboxylic acids is 1. The Morgan fingerprint density at radius 3 is 2.59 bits per heavy atom. The fraction of sp³-hybridized carbons (Fsp3) is 0.500. The van der Waals surface area contributed by atoms with Crippen LogP contribution < -0.4 is 10.1 Å². The number of benzene rings is 1. The third-order valence-electron chi connectivity index (χ3n) is 3.35. The number of carbonyl (C=O) groups is 1. The summed E-state index contributed by atoms with van der Waals surface area (Å²) in [5, 5.41) is 2.99. The molecule has 1 aromatic carbocycles. The second kappa shape index (κ2) is 5.71. The lowest BCUT2D eigenvalue weighted by atomic mass is 9.85. The largest absolute Gasteiger partial charge is 0.497 e. The van der Waals surface area contributed by atoms with Crippen LogP contribution in [0, 0.1) is 5.92 Å². The Labute approximate surface area is 102 Å². The van der Waals surface area contributed by atoms with E-state index in [1.165, 1.54) is 12.0 Å². The average molecular weight is 233 g/mol. The molecule has 0 heterocycles.